The highest BCUT2D eigenvalue weighted by Crippen LogP contribution is 2.39. The van der Waals surface area contributed by atoms with E-state index in [2.05, 4.69) is 0 Å². The third-order valence-corrected chi connectivity index (χ3v) is 5.75. The van der Waals surface area contributed by atoms with E-state index in [1.807, 2.05) is 19.9 Å². The molecule has 5 nitrogen and oxygen atoms in total. The Kier molecular flexibility index (Phi) is 6.04. The first-order valence-electron chi connectivity index (χ1n) is 10.4. The number of carbonyl (C=O) groups is 1. The number of hydrogen-bond acceptors (Lipinski definition) is 5. The van der Waals surface area contributed by atoms with Gasteiger partial charge in [0.05, 0.1) is 20.1 Å². The zero-order chi connectivity index (χ0) is 22.8. The molecule has 0 spiro atoms. The average molecular weight is 436 g/mol. The number of hydrogen-bond donors (Lipinski definition) is 1. The highest BCUT2D eigenvalue weighted by Gasteiger charge is 2.27. The highest BCUT2D eigenvalue weighted by molar-refractivity contribution is 5.72. The quantitative estimate of drug-likeness (QED) is 0.522. The van der Waals surface area contributed by atoms with E-state index < -0.39 is 0 Å². The summed E-state index contributed by atoms with van der Waals surface area (Å²) in [4.78, 5) is 11.6. The van der Waals surface area contributed by atoms with Crippen molar-refractivity contribution in [1.29, 1.82) is 0 Å². The number of ether oxygens (including phenoxy) is 3. The van der Waals surface area contributed by atoms with Crippen molar-refractivity contribution in [3.8, 4) is 28.4 Å². The molecule has 166 valence electrons. The van der Waals surface area contributed by atoms with Crippen LogP contribution < -0.4 is 9.47 Å². The topological polar surface area (TPSA) is 65.0 Å². The fraction of sp³-hybridized carbons (Fsp3) is 0.269. The van der Waals surface area contributed by atoms with Gasteiger partial charge in [-0.25, -0.2) is 4.39 Å². The number of phenols is 1. The molecule has 1 aliphatic heterocycles. The van der Waals surface area contributed by atoms with Gasteiger partial charge in [0.2, 0.25) is 0 Å². The molecule has 1 heterocycles. The van der Waals surface area contributed by atoms with E-state index in [-0.39, 0.29) is 36.5 Å². The molecule has 0 fully saturated rings. The molecule has 32 heavy (non-hydrogen) atoms. The zero-order valence-electron chi connectivity index (χ0n) is 18.3. The summed E-state index contributed by atoms with van der Waals surface area (Å²) in [6.07, 6.45) is 0.262. The van der Waals surface area contributed by atoms with Crippen molar-refractivity contribution in [3.63, 3.8) is 0 Å². The maximum atomic E-state index is 14.5. The summed E-state index contributed by atoms with van der Waals surface area (Å²) in [5.74, 6) is 0.768. The Hall–Kier alpha value is -3.54. The van der Waals surface area contributed by atoms with Crippen LogP contribution in [0.3, 0.4) is 0 Å². The summed E-state index contributed by atoms with van der Waals surface area (Å²) in [6.45, 7) is 4.30. The molecule has 0 saturated carbocycles. The first kappa shape index (κ1) is 21.7. The van der Waals surface area contributed by atoms with Crippen molar-refractivity contribution in [2.24, 2.45) is 0 Å². The van der Waals surface area contributed by atoms with E-state index in [1.165, 1.54) is 13.2 Å². The van der Waals surface area contributed by atoms with Crippen molar-refractivity contribution >= 4 is 5.97 Å². The second-order valence-corrected chi connectivity index (χ2v) is 8.04. The Bertz CT molecular complexity index is 1150. The van der Waals surface area contributed by atoms with Gasteiger partial charge in [0.15, 0.2) is 0 Å². The number of aryl methyl sites for hydroxylation is 2. The molecule has 0 saturated heterocycles. The summed E-state index contributed by atoms with van der Waals surface area (Å²) >= 11 is 0. The summed E-state index contributed by atoms with van der Waals surface area (Å²) in [6, 6.07) is 13.8. The molecule has 0 bridgehead atoms. The molecule has 1 aliphatic rings. The standard InChI is InChI=1S/C26H25FO5/c1-15-8-20(28)9-16(2)26(15)17-4-7-23(27)19(10-17)14-31-21-5-6-22-18(11-25(29)30-3)13-32-24(22)12-21/h4-10,12,18,28H,11,13-14H2,1-3H3/t18-/m1/s1. The third-order valence-electron chi connectivity index (χ3n) is 5.75. The van der Waals surface area contributed by atoms with Gasteiger partial charge in [-0.05, 0) is 66.4 Å². The molecule has 1 atom stereocenters. The summed E-state index contributed by atoms with van der Waals surface area (Å²) < 4.78 is 30.8. The molecule has 0 aliphatic carbocycles. The fourth-order valence-corrected chi connectivity index (χ4v) is 4.20. The van der Waals surface area contributed by atoms with Gasteiger partial charge in [0.1, 0.15) is 29.7 Å². The Morgan fingerprint density at radius 2 is 1.88 bits per heavy atom. The molecule has 1 N–H and O–H groups in total. The van der Waals surface area contributed by atoms with Crippen molar-refractivity contribution in [2.75, 3.05) is 13.7 Å². The van der Waals surface area contributed by atoms with Crippen LogP contribution in [0.25, 0.3) is 11.1 Å². The molecule has 3 aromatic rings. The van der Waals surface area contributed by atoms with Crippen LogP contribution in [0.15, 0.2) is 48.5 Å². The molecule has 6 heteroatoms. The van der Waals surface area contributed by atoms with Gasteiger partial charge in [0.25, 0.3) is 0 Å². The molecule has 0 aromatic heterocycles. The number of rotatable bonds is 6. The first-order chi connectivity index (χ1) is 15.4. The Morgan fingerprint density at radius 3 is 2.59 bits per heavy atom. The van der Waals surface area contributed by atoms with Crippen LogP contribution in [-0.2, 0) is 16.1 Å². The van der Waals surface area contributed by atoms with Gasteiger partial charge in [0, 0.05) is 23.1 Å². The van der Waals surface area contributed by atoms with Crippen LogP contribution in [0.4, 0.5) is 4.39 Å². The first-order valence-corrected chi connectivity index (χ1v) is 10.4. The number of halogens is 1. The molecule has 0 amide bonds. The minimum absolute atomic E-state index is 0.0441. The maximum absolute atomic E-state index is 14.5. The SMILES string of the molecule is COC(=O)C[C@@H]1COc2cc(OCc3cc(-c4c(C)cc(O)cc4C)ccc3F)ccc21. The predicted octanol–water partition coefficient (Wildman–Crippen LogP) is 5.43. The lowest BCUT2D eigenvalue weighted by atomic mass is 9.94. The van der Waals surface area contributed by atoms with Crippen LogP contribution in [0.2, 0.25) is 0 Å². The van der Waals surface area contributed by atoms with E-state index in [4.69, 9.17) is 14.2 Å². The number of carbonyl (C=O) groups excluding carboxylic acids is 1. The fourth-order valence-electron chi connectivity index (χ4n) is 4.20. The van der Waals surface area contributed by atoms with Crippen LogP contribution in [0, 0.1) is 19.7 Å². The lowest BCUT2D eigenvalue weighted by molar-refractivity contribution is -0.141. The third kappa shape index (κ3) is 4.40. The van der Waals surface area contributed by atoms with Gasteiger partial charge in [-0.3, -0.25) is 4.79 Å². The highest BCUT2D eigenvalue weighted by atomic mass is 19.1. The summed E-state index contributed by atoms with van der Waals surface area (Å²) in [5, 5.41) is 9.80. The maximum Gasteiger partial charge on any atom is 0.306 e. The zero-order valence-corrected chi connectivity index (χ0v) is 18.3. The number of benzene rings is 3. The Balaban J connectivity index is 1.52. The van der Waals surface area contributed by atoms with Crippen molar-refractivity contribution in [1.82, 2.24) is 0 Å². The molecule has 0 radical (unpaired) electrons. The summed E-state index contributed by atoms with van der Waals surface area (Å²) in [7, 11) is 1.37. The minimum Gasteiger partial charge on any atom is -0.508 e. The lowest BCUT2D eigenvalue weighted by Gasteiger charge is -2.14. The molecule has 0 unspecified atom stereocenters. The number of phenolic OH excluding ortho intramolecular Hbond substituents is 1. The van der Waals surface area contributed by atoms with Crippen LogP contribution in [0.5, 0.6) is 17.2 Å². The van der Waals surface area contributed by atoms with E-state index in [0.29, 0.717) is 23.7 Å². The van der Waals surface area contributed by atoms with Crippen molar-refractivity contribution in [3.05, 3.63) is 76.6 Å². The van der Waals surface area contributed by atoms with Crippen LogP contribution in [0.1, 0.15) is 34.6 Å². The van der Waals surface area contributed by atoms with Gasteiger partial charge in [-0.15, -0.1) is 0 Å². The van der Waals surface area contributed by atoms with E-state index in [0.717, 1.165) is 27.8 Å². The average Bonchev–Trinajstić information content (AvgIpc) is 3.15. The largest absolute Gasteiger partial charge is 0.508 e. The number of aromatic hydroxyl groups is 1. The molecule has 4 rings (SSSR count). The van der Waals surface area contributed by atoms with Gasteiger partial charge in [-0.2, -0.15) is 0 Å². The number of methoxy groups -OCH3 is 1. The van der Waals surface area contributed by atoms with E-state index in [9.17, 15) is 14.3 Å². The van der Waals surface area contributed by atoms with Crippen molar-refractivity contribution < 1.29 is 28.5 Å². The predicted molar refractivity (Wildman–Crippen MR) is 119 cm³/mol. The van der Waals surface area contributed by atoms with Crippen LogP contribution >= 0.6 is 0 Å². The van der Waals surface area contributed by atoms with Crippen LogP contribution in [-0.4, -0.2) is 24.8 Å². The lowest BCUT2D eigenvalue weighted by Crippen LogP contribution is -2.09. The minimum atomic E-state index is -0.349. The normalized spacial score (nSPS) is 14.6. The molecular formula is C26H25FO5. The van der Waals surface area contributed by atoms with E-state index >= 15 is 0 Å². The smallest absolute Gasteiger partial charge is 0.306 e. The monoisotopic (exact) mass is 436 g/mol. The van der Waals surface area contributed by atoms with E-state index in [1.54, 1.807) is 36.4 Å². The Morgan fingerprint density at radius 1 is 1.12 bits per heavy atom. The van der Waals surface area contributed by atoms with Gasteiger partial charge >= 0.3 is 5.97 Å². The second kappa shape index (κ2) is 8.91. The summed E-state index contributed by atoms with van der Waals surface area (Å²) in [5.41, 5.74) is 5.03. The Labute approximate surface area is 186 Å². The number of esters is 1. The van der Waals surface area contributed by atoms with Gasteiger partial charge in [-0.1, -0.05) is 12.1 Å². The van der Waals surface area contributed by atoms with Gasteiger partial charge < -0.3 is 19.3 Å². The second-order valence-electron chi connectivity index (χ2n) is 8.04. The van der Waals surface area contributed by atoms with Crippen molar-refractivity contribution in [2.45, 2.75) is 32.8 Å². The number of fused-ring (bicyclic) bond motifs is 1. The molecular weight excluding hydrogens is 411 g/mol. The molecule has 3 aromatic carbocycles.